The van der Waals surface area contributed by atoms with Crippen molar-refractivity contribution in [3.8, 4) is 11.5 Å². The Kier molecular flexibility index (Phi) is 6.05. The normalized spacial score (nSPS) is 9.83. The number of aromatic nitrogens is 1. The molecule has 1 aromatic heterocycles. The van der Waals surface area contributed by atoms with Crippen molar-refractivity contribution in [1.29, 1.82) is 0 Å². The molecule has 2 N–H and O–H groups in total. The summed E-state index contributed by atoms with van der Waals surface area (Å²) in [6.45, 7) is 1.10. The van der Waals surface area contributed by atoms with E-state index in [1.807, 2.05) is 24.3 Å². The molecule has 0 atom stereocenters. The fourth-order valence-electron chi connectivity index (χ4n) is 1.76. The van der Waals surface area contributed by atoms with E-state index in [4.69, 9.17) is 9.47 Å². The van der Waals surface area contributed by atoms with Gasteiger partial charge in [-0.3, -0.25) is 5.32 Å². The molecule has 0 saturated carbocycles. The number of carbonyl (C=O) groups excluding carboxylic acids is 1. The third-order valence-electron chi connectivity index (χ3n) is 2.93. The minimum absolute atomic E-state index is 0.496. The van der Waals surface area contributed by atoms with Crippen LogP contribution in [0.25, 0.3) is 0 Å². The number of nitrogens with zero attached hydrogens (tertiary/aromatic N) is 1. The van der Waals surface area contributed by atoms with Crippen molar-refractivity contribution in [3.63, 3.8) is 0 Å². The summed E-state index contributed by atoms with van der Waals surface area (Å²) in [5.41, 5.74) is 0.567. The maximum atomic E-state index is 11.1. The first-order valence-corrected chi connectivity index (χ1v) is 7.03. The van der Waals surface area contributed by atoms with Crippen LogP contribution in [0, 0.1) is 0 Å². The number of nitrogens with one attached hydrogen (secondary N) is 2. The van der Waals surface area contributed by atoms with Gasteiger partial charge in [0.05, 0.1) is 32.6 Å². The highest BCUT2D eigenvalue weighted by Gasteiger charge is 2.01. The smallest absolute Gasteiger partial charge is 0.411 e. The van der Waals surface area contributed by atoms with Crippen LogP contribution in [-0.4, -0.2) is 38.4 Å². The predicted octanol–water partition coefficient (Wildman–Crippen LogP) is 2.76. The maximum absolute atomic E-state index is 11.1. The van der Waals surface area contributed by atoms with E-state index in [2.05, 4.69) is 20.4 Å². The highest BCUT2D eigenvalue weighted by Crippen LogP contribution is 2.16. The van der Waals surface area contributed by atoms with E-state index in [1.54, 1.807) is 25.4 Å². The van der Waals surface area contributed by atoms with Crippen LogP contribution in [0.15, 0.2) is 42.6 Å². The molecule has 0 spiro atoms. The molecule has 2 aromatic rings. The topological polar surface area (TPSA) is 81.7 Å². The number of carbonyl (C=O) groups is 1. The summed E-state index contributed by atoms with van der Waals surface area (Å²) in [5.74, 6) is 2.26. The Hall–Kier alpha value is -2.96. The molecular weight excluding hydrogens is 298 g/mol. The van der Waals surface area contributed by atoms with Gasteiger partial charge in [-0.15, -0.1) is 0 Å². The van der Waals surface area contributed by atoms with Gasteiger partial charge in [-0.2, -0.15) is 0 Å². The molecule has 1 amide bonds. The number of benzene rings is 1. The van der Waals surface area contributed by atoms with Gasteiger partial charge in [0, 0.05) is 0 Å². The molecule has 0 unspecified atom stereocenters. The SMILES string of the molecule is COC(=O)Nc1ccc(NCCOc2ccc(OC)cc2)nc1. The number of hydrogen-bond donors (Lipinski definition) is 2. The Bertz CT molecular complexity index is 614. The lowest BCUT2D eigenvalue weighted by molar-refractivity contribution is 0.187. The van der Waals surface area contributed by atoms with Crippen LogP contribution in [0.2, 0.25) is 0 Å². The Morgan fingerprint density at radius 1 is 1.09 bits per heavy atom. The summed E-state index contributed by atoms with van der Waals surface area (Å²) < 4.78 is 15.2. The Balaban J connectivity index is 1.72. The lowest BCUT2D eigenvalue weighted by Crippen LogP contribution is -2.13. The van der Waals surface area contributed by atoms with Crippen molar-refractivity contribution < 1.29 is 19.0 Å². The molecule has 23 heavy (non-hydrogen) atoms. The predicted molar refractivity (Wildman–Crippen MR) is 87.2 cm³/mol. The lowest BCUT2D eigenvalue weighted by Gasteiger charge is -2.09. The van der Waals surface area contributed by atoms with Gasteiger partial charge >= 0.3 is 6.09 Å². The van der Waals surface area contributed by atoms with Crippen molar-refractivity contribution in [1.82, 2.24) is 4.98 Å². The van der Waals surface area contributed by atoms with E-state index in [0.29, 0.717) is 24.7 Å². The van der Waals surface area contributed by atoms with E-state index < -0.39 is 6.09 Å². The Morgan fingerprint density at radius 3 is 2.43 bits per heavy atom. The average molecular weight is 317 g/mol. The zero-order valence-electron chi connectivity index (χ0n) is 13.0. The first-order chi connectivity index (χ1) is 11.2. The number of ether oxygens (including phenoxy) is 3. The highest BCUT2D eigenvalue weighted by molar-refractivity contribution is 5.84. The van der Waals surface area contributed by atoms with Crippen molar-refractivity contribution in [3.05, 3.63) is 42.6 Å². The number of rotatable bonds is 7. The van der Waals surface area contributed by atoms with Gasteiger partial charge in [0.15, 0.2) is 0 Å². The zero-order chi connectivity index (χ0) is 16.5. The first kappa shape index (κ1) is 16.4. The van der Waals surface area contributed by atoms with Crippen LogP contribution in [-0.2, 0) is 4.74 Å². The van der Waals surface area contributed by atoms with Crippen LogP contribution in [0.5, 0.6) is 11.5 Å². The molecule has 0 saturated heterocycles. The quantitative estimate of drug-likeness (QED) is 0.764. The fourth-order valence-corrected chi connectivity index (χ4v) is 1.76. The van der Waals surface area contributed by atoms with Gasteiger partial charge in [0.25, 0.3) is 0 Å². The highest BCUT2D eigenvalue weighted by atomic mass is 16.5. The van der Waals surface area contributed by atoms with E-state index >= 15 is 0 Å². The zero-order valence-corrected chi connectivity index (χ0v) is 13.0. The largest absolute Gasteiger partial charge is 0.497 e. The van der Waals surface area contributed by atoms with Gasteiger partial charge in [-0.05, 0) is 36.4 Å². The summed E-state index contributed by atoms with van der Waals surface area (Å²) in [5, 5.41) is 5.66. The molecule has 1 aromatic carbocycles. The van der Waals surface area contributed by atoms with Crippen molar-refractivity contribution in [2.24, 2.45) is 0 Å². The molecule has 0 bridgehead atoms. The number of methoxy groups -OCH3 is 2. The standard InChI is InChI=1S/C16H19N3O4/c1-21-13-4-6-14(7-5-13)23-10-9-17-15-8-3-12(11-18-15)19-16(20)22-2/h3-8,11H,9-10H2,1-2H3,(H,17,18)(H,19,20). The first-order valence-electron chi connectivity index (χ1n) is 7.03. The molecule has 0 aliphatic rings. The average Bonchev–Trinajstić information content (AvgIpc) is 2.60. The second-order valence-electron chi connectivity index (χ2n) is 4.50. The van der Waals surface area contributed by atoms with Gasteiger partial charge in [0.2, 0.25) is 0 Å². The Morgan fingerprint density at radius 2 is 1.83 bits per heavy atom. The van der Waals surface area contributed by atoms with Crippen molar-refractivity contribution in [2.45, 2.75) is 0 Å². The molecule has 0 fully saturated rings. The molecular formula is C16H19N3O4. The van der Waals surface area contributed by atoms with Crippen LogP contribution >= 0.6 is 0 Å². The van der Waals surface area contributed by atoms with Crippen molar-refractivity contribution in [2.75, 3.05) is 38.0 Å². The minimum atomic E-state index is -0.527. The molecule has 7 nitrogen and oxygen atoms in total. The number of anilines is 2. The monoisotopic (exact) mass is 317 g/mol. The molecule has 0 radical (unpaired) electrons. The van der Waals surface area contributed by atoms with Gasteiger partial charge in [-0.25, -0.2) is 9.78 Å². The van der Waals surface area contributed by atoms with E-state index in [1.165, 1.54) is 7.11 Å². The fraction of sp³-hybridized carbons (Fsp3) is 0.250. The summed E-state index contributed by atoms with van der Waals surface area (Å²) >= 11 is 0. The second kappa shape index (κ2) is 8.47. The molecule has 2 rings (SSSR count). The Labute approximate surface area is 134 Å². The summed E-state index contributed by atoms with van der Waals surface area (Å²) in [4.78, 5) is 15.2. The number of pyridine rings is 1. The summed E-state index contributed by atoms with van der Waals surface area (Å²) in [6.07, 6.45) is 1.02. The summed E-state index contributed by atoms with van der Waals surface area (Å²) in [6, 6.07) is 10.9. The molecule has 1 heterocycles. The van der Waals surface area contributed by atoms with Crippen LogP contribution in [0.3, 0.4) is 0 Å². The number of hydrogen-bond acceptors (Lipinski definition) is 6. The van der Waals surface area contributed by atoms with Crippen LogP contribution in [0.1, 0.15) is 0 Å². The van der Waals surface area contributed by atoms with Gasteiger partial charge in [0.1, 0.15) is 23.9 Å². The molecule has 0 aliphatic heterocycles. The van der Waals surface area contributed by atoms with Gasteiger partial charge < -0.3 is 19.5 Å². The van der Waals surface area contributed by atoms with Crippen LogP contribution in [0.4, 0.5) is 16.3 Å². The van der Waals surface area contributed by atoms with E-state index in [0.717, 1.165) is 11.5 Å². The number of amides is 1. The molecule has 122 valence electrons. The van der Waals surface area contributed by atoms with E-state index in [-0.39, 0.29) is 0 Å². The lowest BCUT2D eigenvalue weighted by atomic mass is 10.3. The maximum Gasteiger partial charge on any atom is 0.411 e. The van der Waals surface area contributed by atoms with Crippen LogP contribution < -0.4 is 20.1 Å². The van der Waals surface area contributed by atoms with Gasteiger partial charge in [-0.1, -0.05) is 0 Å². The molecule has 0 aliphatic carbocycles. The second-order valence-corrected chi connectivity index (χ2v) is 4.50. The third kappa shape index (κ3) is 5.39. The van der Waals surface area contributed by atoms with E-state index in [9.17, 15) is 4.79 Å². The van der Waals surface area contributed by atoms with Crippen molar-refractivity contribution >= 4 is 17.6 Å². The molecule has 7 heteroatoms. The third-order valence-corrected chi connectivity index (χ3v) is 2.93. The summed E-state index contributed by atoms with van der Waals surface area (Å²) in [7, 11) is 2.93. The minimum Gasteiger partial charge on any atom is -0.497 e.